The molecule has 1 saturated heterocycles. The largest absolute Gasteiger partial charge is 0.366 e. The highest BCUT2D eigenvalue weighted by Crippen LogP contribution is 2.60. The van der Waals surface area contributed by atoms with Gasteiger partial charge in [-0.3, -0.25) is 14.4 Å². The zero-order valence-corrected chi connectivity index (χ0v) is 16.7. The summed E-state index contributed by atoms with van der Waals surface area (Å²) in [5.74, 6) is 1.74. The van der Waals surface area contributed by atoms with E-state index < -0.39 is 11.9 Å². The van der Waals surface area contributed by atoms with Crippen LogP contribution in [-0.2, 0) is 9.59 Å². The van der Waals surface area contributed by atoms with Crippen molar-refractivity contribution >= 4 is 23.4 Å². The average molecular weight is 396 g/mol. The number of carbonyl (C=O) groups excluding carboxylic acids is 3. The molecule has 3 amide bonds. The molecule has 1 aromatic carbocycles. The lowest BCUT2D eigenvalue weighted by molar-refractivity contribution is -0.160. The number of likely N-dealkylation sites (tertiary alicyclic amines) is 1. The van der Waals surface area contributed by atoms with Crippen molar-refractivity contribution in [3.63, 3.8) is 0 Å². The Kier molecular flexibility index (Phi) is 4.41. The van der Waals surface area contributed by atoms with E-state index in [2.05, 4.69) is 5.32 Å². The fourth-order valence-corrected chi connectivity index (χ4v) is 6.90. The van der Waals surface area contributed by atoms with Crippen molar-refractivity contribution in [2.75, 3.05) is 11.9 Å². The van der Waals surface area contributed by atoms with Crippen molar-refractivity contribution in [3.05, 3.63) is 29.8 Å². The predicted octanol–water partition coefficient (Wildman–Crippen LogP) is 2.93. The fraction of sp³-hybridized carbons (Fsp3) is 0.609. The average Bonchev–Trinajstić information content (AvgIpc) is 3.16. The maximum absolute atomic E-state index is 13.7. The second-order valence-electron chi connectivity index (χ2n) is 9.79. The minimum Gasteiger partial charge on any atom is -0.366 e. The third kappa shape index (κ3) is 3.22. The van der Waals surface area contributed by atoms with E-state index in [1.807, 2.05) is 4.90 Å². The number of hydrogen-bond donors (Lipinski definition) is 2. The molecule has 0 unspecified atom stereocenters. The van der Waals surface area contributed by atoms with Gasteiger partial charge in [-0.25, -0.2) is 0 Å². The summed E-state index contributed by atoms with van der Waals surface area (Å²) in [4.78, 5) is 39.7. The van der Waals surface area contributed by atoms with Gasteiger partial charge in [0, 0.05) is 17.8 Å². The van der Waals surface area contributed by atoms with E-state index >= 15 is 0 Å². The van der Waals surface area contributed by atoms with E-state index in [0.29, 0.717) is 42.0 Å². The number of anilines is 1. The van der Waals surface area contributed by atoms with Gasteiger partial charge < -0.3 is 16.0 Å². The lowest BCUT2D eigenvalue weighted by Crippen LogP contribution is -2.56. The van der Waals surface area contributed by atoms with Crippen molar-refractivity contribution in [1.29, 1.82) is 0 Å². The van der Waals surface area contributed by atoms with Gasteiger partial charge in [0.05, 0.1) is 5.41 Å². The maximum Gasteiger partial charge on any atom is 0.248 e. The minimum absolute atomic E-state index is 0.132. The summed E-state index contributed by atoms with van der Waals surface area (Å²) in [7, 11) is 0. The van der Waals surface area contributed by atoms with Gasteiger partial charge in [0.1, 0.15) is 6.04 Å². The van der Waals surface area contributed by atoms with Crippen LogP contribution >= 0.6 is 0 Å². The molecule has 0 radical (unpaired) electrons. The predicted molar refractivity (Wildman–Crippen MR) is 109 cm³/mol. The van der Waals surface area contributed by atoms with Gasteiger partial charge in [-0.15, -0.1) is 0 Å². The van der Waals surface area contributed by atoms with Gasteiger partial charge in [0.25, 0.3) is 0 Å². The van der Waals surface area contributed by atoms with Crippen LogP contribution in [0.5, 0.6) is 0 Å². The van der Waals surface area contributed by atoms with Crippen molar-refractivity contribution in [3.8, 4) is 0 Å². The molecule has 6 nitrogen and oxygen atoms in total. The summed E-state index contributed by atoms with van der Waals surface area (Å²) >= 11 is 0. The third-order valence-corrected chi connectivity index (χ3v) is 7.75. The molecule has 1 aliphatic heterocycles. The first kappa shape index (κ1) is 18.6. The van der Waals surface area contributed by atoms with E-state index in [0.717, 1.165) is 25.7 Å². The molecule has 5 aliphatic rings. The number of primary amides is 1. The molecule has 5 fully saturated rings. The van der Waals surface area contributed by atoms with Gasteiger partial charge in [-0.2, -0.15) is 0 Å². The number of hydrogen-bond acceptors (Lipinski definition) is 3. The van der Waals surface area contributed by atoms with Gasteiger partial charge in [0.2, 0.25) is 17.7 Å². The van der Waals surface area contributed by atoms with Crippen LogP contribution in [0.15, 0.2) is 24.3 Å². The molecule has 4 saturated carbocycles. The van der Waals surface area contributed by atoms with Gasteiger partial charge in [-0.05, 0) is 93.4 Å². The number of benzene rings is 1. The van der Waals surface area contributed by atoms with Crippen LogP contribution in [0.4, 0.5) is 5.69 Å². The Bertz CT molecular complexity index is 812. The number of nitrogens with one attached hydrogen (secondary N) is 1. The Morgan fingerprint density at radius 1 is 0.966 bits per heavy atom. The molecule has 4 aliphatic carbocycles. The molecule has 0 spiro atoms. The monoisotopic (exact) mass is 395 g/mol. The number of nitrogens with zero attached hydrogens (tertiary/aromatic N) is 1. The Labute approximate surface area is 171 Å². The SMILES string of the molecule is NC(=O)c1ccc(NC(=O)[C@H]2CCCN2C(=O)C23CC4CC(CC(C4)C2)C3)cc1. The van der Waals surface area contributed by atoms with Crippen LogP contribution in [0.1, 0.15) is 61.7 Å². The van der Waals surface area contributed by atoms with Crippen LogP contribution < -0.4 is 11.1 Å². The molecule has 154 valence electrons. The van der Waals surface area contributed by atoms with Crippen LogP contribution in [0.3, 0.4) is 0 Å². The zero-order valence-electron chi connectivity index (χ0n) is 16.7. The van der Waals surface area contributed by atoms with Crippen LogP contribution in [0.2, 0.25) is 0 Å². The molecule has 1 atom stereocenters. The summed E-state index contributed by atoms with van der Waals surface area (Å²) in [6.07, 6.45) is 8.57. The molecule has 6 heteroatoms. The van der Waals surface area contributed by atoms with Gasteiger partial charge in [-0.1, -0.05) is 0 Å². The lowest BCUT2D eigenvalue weighted by Gasteiger charge is -2.56. The quantitative estimate of drug-likeness (QED) is 0.821. The smallest absolute Gasteiger partial charge is 0.248 e. The van der Waals surface area contributed by atoms with E-state index in [9.17, 15) is 14.4 Å². The van der Waals surface area contributed by atoms with Gasteiger partial charge >= 0.3 is 0 Å². The molecule has 4 bridgehead atoms. The summed E-state index contributed by atoms with van der Waals surface area (Å²) < 4.78 is 0. The van der Waals surface area contributed by atoms with Crippen molar-refractivity contribution in [1.82, 2.24) is 4.90 Å². The van der Waals surface area contributed by atoms with Crippen LogP contribution in [-0.4, -0.2) is 35.2 Å². The number of nitrogens with two attached hydrogens (primary N) is 1. The molecule has 3 N–H and O–H groups in total. The first-order chi connectivity index (χ1) is 13.9. The fourth-order valence-electron chi connectivity index (χ4n) is 6.90. The number of carbonyl (C=O) groups is 3. The topological polar surface area (TPSA) is 92.5 Å². The minimum atomic E-state index is -0.494. The Balaban J connectivity index is 1.30. The number of rotatable bonds is 4. The lowest BCUT2D eigenvalue weighted by atomic mass is 9.49. The zero-order chi connectivity index (χ0) is 20.2. The van der Waals surface area contributed by atoms with Crippen LogP contribution in [0, 0.1) is 23.2 Å². The molecule has 1 aromatic rings. The summed E-state index contributed by atoms with van der Waals surface area (Å²) in [6, 6.07) is 6.16. The van der Waals surface area contributed by atoms with Crippen LogP contribution in [0.25, 0.3) is 0 Å². The molecule has 1 heterocycles. The summed E-state index contributed by atoms with van der Waals surface area (Å²) in [5, 5.41) is 2.92. The highest BCUT2D eigenvalue weighted by atomic mass is 16.2. The molecular weight excluding hydrogens is 366 g/mol. The Hall–Kier alpha value is -2.37. The van der Waals surface area contributed by atoms with E-state index in [4.69, 9.17) is 5.73 Å². The third-order valence-electron chi connectivity index (χ3n) is 7.75. The first-order valence-corrected chi connectivity index (χ1v) is 11.0. The first-order valence-electron chi connectivity index (χ1n) is 11.0. The van der Waals surface area contributed by atoms with Gasteiger partial charge in [0.15, 0.2) is 0 Å². The second kappa shape index (κ2) is 6.85. The second-order valence-corrected chi connectivity index (χ2v) is 9.79. The van der Waals surface area contributed by atoms with E-state index in [1.165, 1.54) is 19.3 Å². The number of amides is 3. The highest BCUT2D eigenvalue weighted by Gasteiger charge is 2.56. The summed E-state index contributed by atoms with van der Waals surface area (Å²) in [5.41, 5.74) is 6.09. The van der Waals surface area contributed by atoms with Crippen molar-refractivity contribution < 1.29 is 14.4 Å². The van der Waals surface area contributed by atoms with E-state index in [1.54, 1.807) is 24.3 Å². The van der Waals surface area contributed by atoms with E-state index in [-0.39, 0.29) is 17.2 Å². The maximum atomic E-state index is 13.7. The molecule has 0 aromatic heterocycles. The van der Waals surface area contributed by atoms with Crippen molar-refractivity contribution in [2.24, 2.45) is 28.9 Å². The molecule has 29 heavy (non-hydrogen) atoms. The summed E-state index contributed by atoms with van der Waals surface area (Å²) in [6.45, 7) is 0.680. The normalized spacial score (nSPS) is 35.0. The standard InChI is InChI=1S/C23H29N3O3/c24-20(27)17-3-5-18(6-4-17)25-21(28)19-2-1-7-26(19)22(29)23-11-14-8-15(12-23)10-16(9-14)13-23/h3-6,14-16,19H,1-2,7-13H2,(H2,24,27)(H,25,28)/t14?,15?,16?,19-,23?/m1/s1. The molecule has 6 rings (SSSR count). The Morgan fingerprint density at radius 3 is 2.10 bits per heavy atom. The molecular formula is C23H29N3O3. The Morgan fingerprint density at radius 2 is 1.55 bits per heavy atom. The highest BCUT2D eigenvalue weighted by molar-refractivity contribution is 5.99. The van der Waals surface area contributed by atoms with Crippen molar-refractivity contribution in [2.45, 2.75) is 57.4 Å².